The van der Waals surface area contributed by atoms with Crippen LogP contribution < -0.4 is 0 Å². The Kier molecular flexibility index (Phi) is 6.36. The predicted octanol–water partition coefficient (Wildman–Crippen LogP) is 2.16. The maximum atomic E-state index is 11.0. The van der Waals surface area contributed by atoms with Gasteiger partial charge in [-0.05, 0) is 27.2 Å². The molecule has 0 saturated carbocycles. The summed E-state index contributed by atoms with van der Waals surface area (Å²) >= 11 is 0. The quantitative estimate of drug-likeness (QED) is 0.714. The fraction of sp³-hybridized carbons (Fsp3) is 0.909. The summed E-state index contributed by atoms with van der Waals surface area (Å²) in [6, 6.07) is 0. The van der Waals surface area contributed by atoms with E-state index in [-0.39, 0.29) is 11.8 Å². The van der Waals surface area contributed by atoms with Gasteiger partial charge in [-0.3, -0.25) is 0 Å². The van der Waals surface area contributed by atoms with Crippen molar-refractivity contribution in [2.75, 3.05) is 20.8 Å². The molecular weight excluding hydrogens is 210 g/mol. The van der Waals surface area contributed by atoms with Gasteiger partial charge >= 0.3 is 6.09 Å². The van der Waals surface area contributed by atoms with Gasteiger partial charge in [0.2, 0.25) is 0 Å². The Bertz CT molecular complexity index is 209. The average molecular weight is 233 g/mol. The predicted molar refractivity (Wildman–Crippen MR) is 61.5 cm³/mol. The Morgan fingerprint density at radius 2 is 1.81 bits per heavy atom. The van der Waals surface area contributed by atoms with E-state index in [1.54, 1.807) is 14.2 Å². The van der Waals surface area contributed by atoms with Crippen LogP contribution in [0.3, 0.4) is 0 Å². The summed E-state index contributed by atoms with van der Waals surface area (Å²) in [4.78, 5) is 12.5. The molecule has 0 spiro atoms. The first-order chi connectivity index (χ1) is 7.32. The largest absolute Gasteiger partial charge is 0.465 e. The number of ether oxygens (including phenoxy) is 2. The summed E-state index contributed by atoms with van der Waals surface area (Å²) in [5.74, 6) is 0. The summed E-state index contributed by atoms with van der Waals surface area (Å²) in [6.07, 6.45) is 0.262. The molecule has 0 aromatic rings. The maximum Gasteiger partial charge on any atom is 0.407 e. The fourth-order valence-electron chi connectivity index (χ4n) is 1.47. The number of rotatable bonds is 6. The second kappa shape index (κ2) is 6.70. The number of amides is 1. The Morgan fingerprint density at radius 3 is 2.12 bits per heavy atom. The lowest BCUT2D eigenvalue weighted by molar-refractivity contribution is -0.107. The molecule has 0 aliphatic rings. The monoisotopic (exact) mass is 233 g/mol. The molecule has 1 N–H and O–H groups in total. The topological polar surface area (TPSA) is 59.0 Å². The van der Waals surface area contributed by atoms with Crippen LogP contribution in [0.1, 0.15) is 33.6 Å². The minimum absolute atomic E-state index is 0.254. The third-order valence-electron chi connectivity index (χ3n) is 2.39. The molecule has 0 saturated heterocycles. The number of hydrogen-bond acceptors (Lipinski definition) is 3. The van der Waals surface area contributed by atoms with E-state index in [9.17, 15) is 4.79 Å². The zero-order chi connectivity index (χ0) is 12.8. The number of hydrogen-bond donors (Lipinski definition) is 1. The number of nitrogens with zero attached hydrogens (tertiary/aromatic N) is 1. The van der Waals surface area contributed by atoms with Gasteiger partial charge in [0.05, 0.1) is 0 Å². The molecule has 0 aliphatic carbocycles. The van der Waals surface area contributed by atoms with Crippen molar-refractivity contribution in [3.05, 3.63) is 0 Å². The van der Waals surface area contributed by atoms with Crippen LogP contribution in [0.2, 0.25) is 0 Å². The van der Waals surface area contributed by atoms with Crippen LogP contribution >= 0.6 is 0 Å². The van der Waals surface area contributed by atoms with Gasteiger partial charge in [-0.15, -0.1) is 0 Å². The third kappa shape index (κ3) is 5.32. The summed E-state index contributed by atoms with van der Waals surface area (Å²) in [7, 11) is 3.15. The van der Waals surface area contributed by atoms with Crippen molar-refractivity contribution in [1.82, 2.24) is 4.90 Å². The summed E-state index contributed by atoms with van der Waals surface area (Å²) in [6.45, 7) is 6.13. The molecule has 16 heavy (non-hydrogen) atoms. The van der Waals surface area contributed by atoms with Crippen LogP contribution in [0.25, 0.3) is 0 Å². The number of carboxylic acid groups (broad SMARTS) is 1. The van der Waals surface area contributed by atoms with Gasteiger partial charge in [0, 0.05) is 32.7 Å². The van der Waals surface area contributed by atoms with Gasteiger partial charge in [-0.25, -0.2) is 4.79 Å². The first-order valence-electron chi connectivity index (χ1n) is 5.39. The van der Waals surface area contributed by atoms with Crippen molar-refractivity contribution >= 4 is 6.09 Å². The van der Waals surface area contributed by atoms with E-state index >= 15 is 0 Å². The second-order valence-electron chi connectivity index (χ2n) is 4.65. The van der Waals surface area contributed by atoms with E-state index in [1.807, 2.05) is 20.8 Å². The lowest BCUT2D eigenvalue weighted by Crippen LogP contribution is -2.45. The molecule has 0 heterocycles. The molecule has 0 aromatic carbocycles. The molecule has 96 valence electrons. The normalized spacial score (nSPS) is 11.9. The molecule has 0 atom stereocenters. The molecule has 0 aliphatic heterocycles. The second-order valence-corrected chi connectivity index (χ2v) is 4.65. The van der Waals surface area contributed by atoms with Crippen LogP contribution in [0.4, 0.5) is 4.79 Å². The fourth-order valence-corrected chi connectivity index (χ4v) is 1.47. The maximum absolute atomic E-state index is 11.0. The molecule has 1 amide bonds. The van der Waals surface area contributed by atoms with Crippen molar-refractivity contribution in [3.8, 4) is 0 Å². The summed E-state index contributed by atoms with van der Waals surface area (Å²) in [5, 5.41) is 9.05. The van der Waals surface area contributed by atoms with Gasteiger partial charge in [-0.2, -0.15) is 0 Å². The summed E-state index contributed by atoms with van der Waals surface area (Å²) < 4.78 is 10.1. The van der Waals surface area contributed by atoms with Gasteiger partial charge in [0.1, 0.15) is 0 Å². The molecular formula is C11H23NO4. The first-order valence-corrected chi connectivity index (χ1v) is 5.39. The van der Waals surface area contributed by atoms with Crippen molar-refractivity contribution in [1.29, 1.82) is 0 Å². The lowest BCUT2D eigenvalue weighted by atomic mass is 10.1. The van der Waals surface area contributed by atoms with Crippen LogP contribution in [-0.4, -0.2) is 48.7 Å². The van der Waals surface area contributed by atoms with Crippen molar-refractivity contribution in [3.63, 3.8) is 0 Å². The van der Waals surface area contributed by atoms with E-state index in [0.717, 1.165) is 6.42 Å². The highest BCUT2D eigenvalue weighted by Crippen LogP contribution is 2.15. The molecule has 0 rings (SSSR count). The molecule has 0 aromatic heterocycles. The van der Waals surface area contributed by atoms with Crippen LogP contribution in [0, 0.1) is 0 Å². The van der Waals surface area contributed by atoms with Crippen LogP contribution in [0.15, 0.2) is 0 Å². The van der Waals surface area contributed by atoms with Crippen molar-refractivity contribution in [2.45, 2.75) is 45.4 Å². The van der Waals surface area contributed by atoms with E-state index in [1.165, 1.54) is 4.90 Å². The zero-order valence-electron chi connectivity index (χ0n) is 10.8. The lowest BCUT2D eigenvalue weighted by Gasteiger charge is -2.33. The Morgan fingerprint density at radius 1 is 1.31 bits per heavy atom. The number of methoxy groups -OCH3 is 2. The molecule has 0 bridgehead atoms. The molecule has 0 fully saturated rings. The standard InChI is InChI=1S/C11H23NO4/c1-11(2,3)12(10(13)14)8-6-7-9(15-4)16-5/h9H,6-8H2,1-5H3,(H,13,14). The van der Waals surface area contributed by atoms with Gasteiger partial charge in [0.15, 0.2) is 6.29 Å². The zero-order valence-corrected chi connectivity index (χ0v) is 10.8. The first kappa shape index (κ1) is 15.2. The summed E-state index contributed by atoms with van der Waals surface area (Å²) in [5.41, 5.74) is -0.374. The molecule has 5 heteroatoms. The third-order valence-corrected chi connectivity index (χ3v) is 2.39. The Balaban J connectivity index is 4.09. The van der Waals surface area contributed by atoms with Crippen LogP contribution in [-0.2, 0) is 9.47 Å². The Hall–Kier alpha value is -0.810. The highest BCUT2D eigenvalue weighted by molar-refractivity contribution is 5.65. The number of carbonyl (C=O) groups is 1. The highest BCUT2D eigenvalue weighted by Gasteiger charge is 2.25. The SMILES string of the molecule is COC(CCCN(C(=O)O)C(C)(C)C)OC. The van der Waals surface area contributed by atoms with E-state index < -0.39 is 6.09 Å². The average Bonchev–Trinajstić information content (AvgIpc) is 2.15. The van der Waals surface area contributed by atoms with E-state index in [0.29, 0.717) is 13.0 Å². The van der Waals surface area contributed by atoms with Gasteiger partial charge < -0.3 is 19.5 Å². The molecule has 0 radical (unpaired) electrons. The smallest absolute Gasteiger partial charge is 0.407 e. The van der Waals surface area contributed by atoms with E-state index in [4.69, 9.17) is 14.6 Å². The molecule has 5 nitrogen and oxygen atoms in total. The van der Waals surface area contributed by atoms with Gasteiger partial charge in [-0.1, -0.05) is 0 Å². The minimum atomic E-state index is -0.890. The van der Waals surface area contributed by atoms with Crippen LogP contribution in [0.5, 0.6) is 0 Å². The van der Waals surface area contributed by atoms with E-state index in [2.05, 4.69) is 0 Å². The molecule has 0 unspecified atom stereocenters. The highest BCUT2D eigenvalue weighted by atomic mass is 16.7. The van der Waals surface area contributed by atoms with Crippen molar-refractivity contribution in [2.24, 2.45) is 0 Å². The van der Waals surface area contributed by atoms with Gasteiger partial charge in [0.25, 0.3) is 0 Å². The minimum Gasteiger partial charge on any atom is -0.465 e. The van der Waals surface area contributed by atoms with Crippen molar-refractivity contribution < 1.29 is 19.4 Å². The Labute approximate surface area is 97.3 Å².